The first-order valence-electron chi connectivity index (χ1n) is 8.92. The van der Waals surface area contributed by atoms with Gasteiger partial charge in [-0.3, -0.25) is 9.00 Å². The highest BCUT2D eigenvalue weighted by Crippen LogP contribution is 2.31. The van der Waals surface area contributed by atoms with Gasteiger partial charge in [0.15, 0.2) is 5.76 Å². The second kappa shape index (κ2) is 8.32. The summed E-state index contributed by atoms with van der Waals surface area (Å²) in [5.41, 5.74) is 10.1. The highest BCUT2D eigenvalue weighted by molar-refractivity contribution is 7.80. The first kappa shape index (κ1) is 19.6. The van der Waals surface area contributed by atoms with Gasteiger partial charge in [0.05, 0.1) is 12.0 Å². The molecule has 4 rings (SSSR count). The number of nitrogens with one attached hydrogen (secondary N) is 1. The van der Waals surface area contributed by atoms with Crippen LogP contribution in [0.3, 0.4) is 0 Å². The normalized spacial score (nSPS) is 11.8. The van der Waals surface area contributed by atoms with Crippen LogP contribution in [-0.4, -0.2) is 19.7 Å². The number of nitrogens with zero attached hydrogens (tertiary/aromatic N) is 1. The van der Waals surface area contributed by atoms with Crippen LogP contribution in [0.1, 0.15) is 10.4 Å². The van der Waals surface area contributed by atoms with Crippen LogP contribution in [0, 0.1) is 0 Å². The zero-order valence-electron chi connectivity index (χ0n) is 15.6. The van der Waals surface area contributed by atoms with Crippen molar-refractivity contribution in [3.05, 3.63) is 84.6 Å². The summed E-state index contributed by atoms with van der Waals surface area (Å²) in [6.45, 7) is 0. The zero-order valence-corrected chi connectivity index (χ0v) is 16.4. The Bertz CT molecular complexity index is 1200. The molecule has 0 saturated heterocycles. The van der Waals surface area contributed by atoms with Crippen LogP contribution < -0.4 is 10.5 Å². The highest BCUT2D eigenvalue weighted by atomic mass is 32.2. The topological polar surface area (TPSA) is 121 Å². The molecule has 150 valence electrons. The van der Waals surface area contributed by atoms with Crippen LogP contribution in [0.5, 0.6) is 0 Å². The smallest absolute Gasteiger partial charge is 0.248 e. The summed E-state index contributed by atoms with van der Waals surface area (Å²) in [5, 5.41) is 0. The van der Waals surface area contributed by atoms with Crippen molar-refractivity contribution < 1.29 is 18.0 Å². The van der Waals surface area contributed by atoms with E-state index in [2.05, 4.69) is 4.72 Å². The largest absolute Gasteiger partial charge is 0.755 e. The maximum absolute atomic E-state index is 11.3. The van der Waals surface area contributed by atoms with Gasteiger partial charge in [0.1, 0.15) is 5.69 Å². The maximum atomic E-state index is 11.3. The Morgan fingerprint density at radius 2 is 1.60 bits per heavy atom. The van der Waals surface area contributed by atoms with E-state index in [0.29, 0.717) is 28.4 Å². The number of carbonyl (C=O) groups is 1. The molecule has 0 fully saturated rings. The Labute approximate surface area is 175 Å². The van der Waals surface area contributed by atoms with Crippen molar-refractivity contribution in [3.8, 4) is 33.8 Å². The van der Waals surface area contributed by atoms with Crippen molar-refractivity contribution in [1.29, 1.82) is 0 Å². The fourth-order valence-corrected chi connectivity index (χ4v) is 3.36. The monoisotopic (exact) mass is 418 g/mol. The van der Waals surface area contributed by atoms with Crippen molar-refractivity contribution in [1.82, 2.24) is 4.98 Å². The molecule has 8 heteroatoms. The van der Waals surface area contributed by atoms with Crippen LogP contribution in [-0.2, 0) is 11.3 Å². The molecule has 0 aliphatic carbocycles. The molecule has 1 unspecified atom stereocenters. The summed E-state index contributed by atoms with van der Waals surface area (Å²) >= 11 is -2.39. The summed E-state index contributed by atoms with van der Waals surface area (Å²) in [6, 6.07) is 21.3. The van der Waals surface area contributed by atoms with Gasteiger partial charge in [-0.05, 0) is 59.7 Å². The molecule has 0 bridgehead atoms. The molecule has 0 aliphatic rings. The van der Waals surface area contributed by atoms with E-state index in [1.165, 1.54) is 0 Å². The van der Waals surface area contributed by atoms with E-state index in [1.54, 1.807) is 48.7 Å². The minimum absolute atomic E-state index is 0.429. The van der Waals surface area contributed by atoms with Crippen LogP contribution >= 0.6 is 0 Å². The molecule has 0 saturated carbocycles. The summed E-state index contributed by atoms with van der Waals surface area (Å²) in [7, 11) is 0. The number of benzene rings is 2. The molecule has 2 aromatic carbocycles. The fourth-order valence-electron chi connectivity index (χ4n) is 3.03. The number of furan rings is 1. The number of primary amides is 1. The summed E-state index contributed by atoms with van der Waals surface area (Å²) in [6.07, 6.45) is 1.58. The minimum Gasteiger partial charge on any atom is -0.755 e. The van der Waals surface area contributed by atoms with Crippen LogP contribution in [0.2, 0.25) is 0 Å². The van der Waals surface area contributed by atoms with Gasteiger partial charge >= 0.3 is 0 Å². The molecule has 2 heterocycles. The van der Waals surface area contributed by atoms with Gasteiger partial charge in [-0.2, -0.15) is 0 Å². The van der Waals surface area contributed by atoms with E-state index < -0.39 is 17.2 Å². The quantitative estimate of drug-likeness (QED) is 0.459. The second-order valence-corrected chi connectivity index (χ2v) is 7.13. The van der Waals surface area contributed by atoms with Gasteiger partial charge in [0, 0.05) is 28.1 Å². The Morgan fingerprint density at radius 3 is 2.20 bits per heavy atom. The fraction of sp³-hybridized carbons (Fsp3) is 0. The molecule has 0 aliphatic heterocycles. The lowest BCUT2D eigenvalue weighted by molar-refractivity contribution is 0.100. The van der Waals surface area contributed by atoms with E-state index in [9.17, 15) is 13.6 Å². The van der Waals surface area contributed by atoms with Gasteiger partial charge in [-0.1, -0.05) is 24.3 Å². The average molecular weight is 418 g/mol. The Hall–Kier alpha value is -3.75. The number of pyridine rings is 1. The van der Waals surface area contributed by atoms with Gasteiger partial charge in [-0.25, -0.2) is 4.98 Å². The number of anilines is 1. The summed E-state index contributed by atoms with van der Waals surface area (Å²) in [4.78, 5) is 16.0. The Balaban J connectivity index is 1.78. The molecule has 2 aromatic heterocycles. The first-order valence-corrected chi connectivity index (χ1v) is 9.99. The molecule has 1 atom stereocenters. The molecule has 0 spiro atoms. The predicted octanol–water partition coefficient (Wildman–Crippen LogP) is 3.98. The predicted molar refractivity (Wildman–Crippen MR) is 114 cm³/mol. The van der Waals surface area contributed by atoms with Crippen molar-refractivity contribution in [2.75, 3.05) is 4.72 Å². The molecule has 4 aromatic rings. The third-order valence-electron chi connectivity index (χ3n) is 4.48. The van der Waals surface area contributed by atoms with Crippen molar-refractivity contribution in [2.45, 2.75) is 0 Å². The van der Waals surface area contributed by atoms with E-state index >= 15 is 0 Å². The Morgan fingerprint density at radius 1 is 0.933 bits per heavy atom. The van der Waals surface area contributed by atoms with E-state index in [1.807, 2.05) is 30.3 Å². The number of amides is 1. The molecule has 3 N–H and O–H groups in total. The Kier molecular flexibility index (Phi) is 5.42. The molecular formula is C22H16N3O4S-. The number of aromatic nitrogens is 1. The lowest BCUT2D eigenvalue weighted by atomic mass is 10.0. The van der Waals surface area contributed by atoms with Gasteiger partial charge in [0.2, 0.25) is 5.91 Å². The standard InChI is InChI=1S/C22H17N3O4S/c23-22(26)16-5-3-14(4-6-16)17-12-19(24-20(13-17)21-2-1-11-29-21)15-7-9-18(10-8-15)25-30(27)28/h1-13,25H,(H2,23,26)(H,27,28)/p-1. The first-order chi connectivity index (χ1) is 14.5. The van der Waals surface area contributed by atoms with Crippen molar-refractivity contribution in [3.63, 3.8) is 0 Å². The van der Waals surface area contributed by atoms with Gasteiger partial charge in [-0.15, -0.1) is 0 Å². The van der Waals surface area contributed by atoms with Crippen molar-refractivity contribution in [2.24, 2.45) is 5.73 Å². The number of nitrogens with two attached hydrogens (primary N) is 1. The minimum atomic E-state index is -2.39. The third kappa shape index (κ3) is 4.29. The molecule has 30 heavy (non-hydrogen) atoms. The summed E-state index contributed by atoms with van der Waals surface area (Å²) < 4.78 is 29.4. The highest BCUT2D eigenvalue weighted by Gasteiger charge is 2.11. The van der Waals surface area contributed by atoms with E-state index in [4.69, 9.17) is 15.1 Å². The number of carbonyl (C=O) groups excluding carboxylic acids is 1. The SMILES string of the molecule is NC(=O)c1ccc(-c2cc(-c3ccc(NS(=O)[O-])cc3)nc(-c3ccco3)c2)cc1. The van der Waals surface area contributed by atoms with Crippen molar-refractivity contribution >= 4 is 22.9 Å². The number of hydrogen-bond acceptors (Lipinski definition) is 5. The van der Waals surface area contributed by atoms with Gasteiger partial charge in [0.25, 0.3) is 0 Å². The van der Waals surface area contributed by atoms with E-state index in [0.717, 1.165) is 16.7 Å². The summed E-state index contributed by atoms with van der Waals surface area (Å²) in [5.74, 6) is 0.132. The molecule has 7 nitrogen and oxygen atoms in total. The number of hydrogen-bond donors (Lipinski definition) is 2. The van der Waals surface area contributed by atoms with E-state index in [-0.39, 0.29) is 0 Å². The van der Waals surface area contributed by atoms with Crippen LogP contribution in [0.25, 0.3) is 33.8 Å². The molecular weight excluding hydrogens is 402 g/mol. The molecule has 1 amide bonds. The van der Waals surface area contributed by atoms with Gasteiger partial charge < -0.3 is 19.4 Å². The maximum Gasteiger partial charge on any atom is 0.248 e. The van der Waals surface area contributed by atoms with Crippen LogP contribution in [0.4, 0.5) is 5.69 Å². The second-order valence-electron chi connectivity index (χ2n) is 6.46. The van der Waals surface area contributed by atoms with Crippen LogP contribution in [0.15, 0.2) is 83.5 Å². The third-order valence-corrected chi connectivity index (χ3v) is 4.89. The lowest BCUT2D eigenvalue weighted by Crippen LogP contribution is -2.10. The lowest BCUT2D eigenvalue weighted by Gasteiger charge is -2.11. The molecule has 0 radical (unpaired) electrons. The number of rotatable bonds is 6. The zero-order chi connectivity index (χ0) is 21.1. The average Bonchev–Trinajstić information content (AvgIpc) is 3.29.